The van der Waals surface area contributed by atoms with E-state index < -0.39 is 11.7 Å². The van der Waals surface area contributed by atoms with Crippen molar-refractivity contribution in [1.82, 2.24) is 5.32 Å². The van der Waals surface area contributed by atoms with E-state index >= 15 is 0 Å². The minimum Gasteiger partial charge on any atom is -0.349 e. The first-order valence-electron chi connectivity index (χ1n) is 7.93. The number of quaternary nitrogens is 1. The van der Waals surface area contributed by atoms with Crippen molar-refractivity contribution in [3.63, 3.8) is 0 Å². The molecule has 0 saturated carbocycles. The lowest BCUT2D eigenvalue weighted by molar-refractivity contribution is -0.869. The number of fused-ring (bicyclic) bond motifs is 1. The molecule has 1 aromatic carbocycles. The van der Waals surface area contributed by atoms with E-state index in [-0.39, 0.29) is 25.2 Å². The van der Waals surface area contributed by atoms with Crippen molar-refractivity contribution in [1.29, 1.82) is 0 Å². The molecule has 1 aromatic rings. The summed E-state index contributed by atoms with van der Waals surface area (Å²) in [4.78, 5) is 38.5. The zero-order chi connectivity index (χ0) is 17.1. The van der Waals surface area contributed by atoms with Gasteiger partial charge in [-0.2, -0.15) is 0 Å². The molecule has 2 amide bonds. The van der Waals surface area contributed by atoms with Gasteiger partial charge in [-0.05, 0) is 38.0 Å². The van der Waals surface area contributed by atoms with Crippen molar-refractivity contribution >= 4 is 23.3 Å². The molecule has 1 aliphatic rings. The van der Waals surface area contributed by atoms with Crippen molar-refractivity contribution in [2.45, 2.75) is 33.2 Å². The molecular formula is C17H24N3O3+. The number of rotatable bonds is 6. The summed E-state index contributed by atoms with van der Waals surface area (Å²) in [5.74, 6) is -1.05. The summed E-state index contributed by atoms with van der Waals surface area (Å²) < 4.78 is 0. The molecule has 0 aliphatic carbocycles. The number of nitrogens with one attached hydrogen (secondary N) is 2. The van der Waals surface area contributed by atoms with Gasteiger partial charge in [-0.25, -0.2) is 0 Å². The van der Waals surface area contributed by atoms with Gasteiger partial charge in [0.1, 0.15) is 0 Å². The van der Waals surface area contributed by atoms with E-state index in [9.17, 15) is 14.4 Å². The fourth-order valence-electron chi connectivity index (χ4n) is 2.70. The van der Waals surface area contributed by atoms with E-state index in [1.807, 2.05) is 40.0 Å². The third-order valence-corrected chi connectivity index (χ3v) is 3.78. The van der Waals surface area contributed by atoms with Crippen LogP contribution in [-0.2, 0) is 16.0 Å². The van der Waals surface area contributed by atoms with E-state index in [2.05, 4.69) is 5.32 Å². The lowest BCUT2D eigenvalue weighted by Gasteiger charge is -2.21. The Bertz CT molecular complexity index is 640. The number of anilines is 1. The number of ketones is 1. The van der Waals surface area contributed by atoms with Crippen LogP contribution in [0, 0.1) is 0 Å². The zero-order valence-electron chi connectivity index (χ0n) is 14.1. The predicted octanol–water partition coefficient (Wildman–Crippen LogP) is -0.225. The summed E-state index contributed by atoms with van der Waals surface area (Å²) in [6, 6.07) is 5.62. The minimum atomic E-state index is -0.517. The number of nitrogens with zero attached hydrogens (tertiary/aromatic N) is 1. The highest BCUT2D eigenvalue weighted by atomic mass is 16.2. The van der Waals surface area contributed by atoms with Crippen molar-refractivity contribution in [3.8, 4) is 0 Å². The van der Waals surface area contributed by atoms with Gasteiger partial charge >= 0.3 is 5.91 Å². The van der Waals surface area contributed by atoms with Crippen molar-refractivity contribution in [2.75, 3.05) is 25.2 Å². The topological polar surface area (TPSA) is 70.9 Å². The van der Waals surface area contributed by atoms with Gasteiger partial charge in [0.25, 0.3) is 11.7 Å². The molecule has 1 unspecified atom stereocenters. The normalized spacial score (nSPS) is 15.1. The number of likely N-dealkylation sites (N-methyl/N-ethyl adjacent to an activating group) is 1. The number of benzene rings is 1. The van der Waals surface area contributed by atoms with E-state index in [0.717, 1.165) is 16.9 Å². The van der Waals surface area contributed by atoms with Crippen LogP contribution in [0.2, 0.25) is 0 Å². The fraction of sp³-hybridized carbons (Fsp3) is 0.471. The lowest BCUT2D eigenvalue weighted by atomic mass is 10.1. The van der Waals surface area contributed by atoms with Gasteiger partial charge < -0.3 is 10.2 Å². The summed E-state index contributed by atoms with van der Waals surface area (Å²) in [5, 5.41) is 2.82. The molecule has 1 heterocycles. The quantitative estimate of drug-likeness (QED) is 0.712. The summed E-state index contributed by atoms with van der Waals surface area (Å²) in [7, 11) is 1.83. The van der Waals surface area contributed by atoms with Gasteiger partial charge in [-0.1, -0.05) is 13.0 Å². The Morgan fingerprint density at radius 1 is 1.30 bits per heavy atom. The monoisotopic (exact) mass is 318 g/mol. The summed E-state index contributed by atoms with van der Waals surface area (Å²) in [6.45, 7) is 6.34. The number of carbonyl (C=O) groups excluding carboxylic acids is 3. The zero-order valence-corrected chi connectivity index (χ0v) is 14.1. The number of Topliss-reactive ketones (excluding diaryl/α,β-unsaturated/α-hetero) is 1. The standard InChI is InChI=1S/C17H23N3O3/c1-5-12-6-7-14-13(8-12)16(22)17(23)20(14)10-19(4)9-15(21)18-11(2)3/h6-8,11H,5,9-10H2,1-4H3,(H,18,21)/p+1. The minimum absolute atomic E-state index is 0.0722. The second kappa shape index (κ2) is 6.91. The van der Waals surface area contributed by atoms with Gasteiger partial charge in [-0.3, -0.25) is 19.3 Å². The highest BCUT2D eigenvalue weighted by Gasteiger charge is 2.37. The molecule has 2 rings (SSSR count). The van der Waals surface area contributed by atoms with Crippen LogP contribution in [0.3, 0.4) is 0 Å². The van der Waals surface area contributed by atoms with Crippen LogP contribution in [0.4, 0.5) is 5.69 Å². The number of hydrogen-bond donors (Lipinski definition) is 2. The largest absolute Gasteiger partial charge is 0.349 e. The molecule has 0 spiro atoms. The Morgan fingerprint density at radius 2 is 2.00 bits per heavy atom. The van der Waals surface area contributed by atoms with Gasteiger partial charge in [0, 0.05) is 6.04 Å². The van der Waals surface area contributed by atoms with Crippen LogP contribution in [-0.4, -0.2) is 43.9 Å². The molecule has 6 nitrogen and oxygen atoms in total. The van der Waals surface area contributed by atoms with E-state index in [1.54, 1.807) is 6.07 Å². The molecule has 2 N–H and O–H groups in total. The Labute approximate surface area is 136 Å². The molecular weight excluding hydrogens is 294 g/mol. The predicted molar refractivity (Wildman–Crippen MR) is 87.5 cm³/mol. The van der Waals surface area contributed by atoms with Crippen LogP contribution < -0.4 is 15.1 Å². The third-order valence-electron chi connectivity index (χ3n) is 3.78. The summed E-state index contributed by atoms with van der Waals surface area (Å²) >= 11 is 0. The van der Waals surface area contributed by atoms with Crippen LogP contribution >= 0.6 is 0 Å². The van der Waals surface area contributed by atoms with Crippen molar-refractivity contribution in [3.05, 3.63) is 29.3 Å². The summed E-state index contributed by atoms with van der Waals surface area (Å²) in [6.07, 6.45) is 0.815. The first kappa shape index (κ1) is 17.1. The van der Waals surface area contributed by atoms with E-state index in [4.69, 9.17) is 0 Å². The van der Waals surface area contributed by atoms with E-state index in [1.165, 1.54) is 4.90 Å². The number of hydrogen-bond acceptors (Lipinski definition) is 3. The second-order valence-electron chi connectivity index (χ2n) is 6.28. The first-order chi connectivity index (χ1) is 10.8. The molecule has 0 radical (unpaired) electrons. The van der Waals surface area contributed by atoms with Gasteiger partial charge in [-0.15, -0.1) is 0 Å². The maximum absolute atomic E-state index is 12.2. The van der Waals surface area contributed by atoms with Gasteiger partial charge in [0.2, 0.25) is 0 Å². The SMILES string of the molecule is CCc1ccc2c(c1)C(=O)C(=O)N2C[NH+](C)CC(=O)NC(C)C. The fourth-order valence-corrected chi connectivity index (χ4v) is 2.70. The average Bonchev–Trinajstić information content (AvgIpc) is 2.71. The molecule has 0 saturated heterocycles. The maximum Gasteiger partial charge on any atom is 0.303 e. The second-order valence-corrected chi connectivity index (χ2v) is 6.28. The highest BCUT2D eigenvalue weighted by molar-refractivity contribution is 6.52. The number of aryl methyl sites for hydroxylation is 1. The van der Waals surface area contributed by atoms with Crippen LogP contribution in [0.1, 0.15) is 36.7 Å². The van der Waals surface area contributed by atoms with E-state index in [0.29, 0.717) is 11.3 Å². The summed E-state index contributed by atoms with van der Waals surface area (Å²) in [5.41, 5.74) is 2.14. The number of amides is 2. The van der Waals surface area contributed by atoms with Gasteiger partial charge in [0.15, 0.2) is 13.2 Å². The highest BCUT2D eigenvalue weighted by Crippen LogP contribution is 2.29. The Hall–Kier alpha value is -2.21. The smallest absolute Gasteiger partial charge is 0.303 e. The molecule has 23 heavy (non-hydrogen) atoms. The Balaban J connectivity index is 2.11. The molecule has 124 valence electrons. The Morgan fingerprint density at radius 3 is 2.61 bits per heavy atom. The average molecular weight is 318 g/mol. The molecule has 0 aromatic heterocycles. The van der Waals surface area contributed by atoms with Crippen LogP contribution in [0.25, 0.3) is 0 Å². The Kier molecular flexibility index (Phi) is 5.15. The van der Waals surface area contributed by atoms with Crippen LogP contribution in [0.15, 0.2) is 18.2 Å². The van der Waals surface area contributed by atoms with Gasteiger partial charge in [0.05, 0.1) is 18.3 Å². The molecule has 1 aliphatic heterocycles. The lowest BCUT2D eigenvalue weighted by Crippen LogP contribution is -3.12. The maximum atomic E-state index is 12.2. The van der Waals surface area contributed by atoms with Crippen molar-refractivity contribution in [2.24, 2.45) is 0 Å². The molecule has 6 heteroatoms. The van der Waals surface area contributed by atoms with Crippen LogP contribution in [0.5, 0.6) is 0 Å². The third kappa shape index (κ3) is 3.76. The molecule has 1 atom stereocenters. The van der Waals surface area contributed by atoms with Crippen molar-refractivity contribution < 1.29 is 19.3 Å². The molecule has 0 bridgehead atoms. The molecule has 0 fully saturated rings. The number of carbonyl (C=O) groups is 3. The first-order valence-corrected chi connectivity index (χ1v) is 7.93.